The molecule has 0 spiro atoms. The third-order valence-electron chi connectivity index (χ3n) is 6.72. The quantitative estimate of drug-likeness (QED) is 0.377. The Labute approximate surface area is 209 Å². The first-order valence-corrected chi connectivity index (χ1v) is 11.6. The van der Waals surface area contributed by atoms with E-state index in [0.717, 1.165) is 11.1 Å². The molecule has 0 unspecified atom stereocenters. The lowest BCUT2D eigenvalue weighted by molar-refractivity contribution is -0.186. The van der Waals surface area contributed by atoms with Gasteiger partial charge in [-0.2, -0.15) is 0 Å². The van der Waals surface area contributed by atoms with Gasteiger partial charge >= 0.3 is 11.9 Å². The van der Waals surface area contributed by atoms with Crippen molar-refractivity contribution in [1.82, 2.24) is 0 Å². The zero-order valence-corrected chi connectivity index (χ0v) is 20.3. The zero-order chi connectivity index (χ0) is 25.3. The maximum atomic E-state index is 13.7. The number of ether oxygens (including phenoxy) is 4. The Morgan fingerprint density at radius 1 is 0.861 bits per heavy atom. The number of aryl methyl sites for hydroxylation is 1. The highest BCUT2D eigenvalue weighted by atomic mass is 16.7. The molecule has 2 heterocycles. The molecule has 0 aromatic heterocycles. The average Bonchev–Trinajstić information content (AvgIpc) is 3.40. The van der Waals surface area contributed by atoms with Gasteiger partial charge in [0.25, 0.3) is 0 Å². The van der Waals surface area contributed by atoms with Crippen molar-refractivity contribution in [3.8, 4) is 11.5 Å². The maximum Gasteiger partial charge on any atom is 0.325 e. The number of carbonyl (C=O) groups excluding carboxylic acids is 2. The Kier molecular flexibility index (Phi) is 6.28. The van der Waals surface area contributed by atoms with Crippen molar-refractivity contribution in [1.29, 1.82) is 0 Å². The van der Waals surface area contributed by atoms with Gasteiger partial charge in [-0.25, -0.2) is 5.06 Å². The van der Waals surface area contributed by atoms with Gasteiger partial charge < -0.3 is 18.9 Å². The molecule has 2 aliphatic rings. The van der Waals surface area contributed by atoms with E-state index in [4.69, 9.17) is 23.8 Å². The van der Waals surface area contributed by atoms with E-state index >= 15 is 0 Å². The van der Waals surface area contributed by atoms with Crippen LogP contribution >= 0.6 is 0 Å². The van der Waals surface area contributed by atoms with E-state index in [2.05, 4.69) is 0 Å². The molecule has 0 aliphatic carbocycles. The maximum absolute atomic E-state index is 13.7. The molecule has 0 amide bonds. The minimum Gasteiger partial charge on any atom is -0.468 e. The molecule has 8 heteroatoms. The standard InChI is InChI=1S/C28H27NO7/c1-18-9-12-21(13-10-18)29-25(20-11-14-22-23(15-20)35-17-34-22)28(26(30)32-2,27(31)33-3)16-24(36-29)19-7-5-4-6-8-19/h4-15,24-25H,16-17H2,1-3H3/t24-,25-/m1/s1. The van der Waals surface area contributed by atoms with E-state index in [1.54, 1.807) is 23.3 Å². The second-order valence-electron chi connectivity index (χ2n) is 8.84. The van der Waals surface area contributed by atoms with Crippen molar-refractivity contribution in [3.05, 3.63) is 89.5 Å². The van der Waals surface area contributed by atoms with Gasteiger partial charge in [-0.3, -0.25) is 14.4 Å². The number of anilines is 1. The number of hydrogen-bond acceptors (Lipinski definition) is 8. The van der Waals surface area contributed by atoms with E-state index in [1.807, 2.05) is 61.5 Å². The Morgan fingerprint density at radius 2 is 1.53 bits per heavy atom. The summed E-state index contributed by atoms with van der Waals surface area (Å²) in [5, 5.41) is 1.62. The summed E-state index contributed by atoms with van der Waals surface area (Å²) in [7, 11) is 2.54. The van der Waals surface area contributed by atoms with Gasteiger partial charge in [0.2, 0.25) is 6.79 Å². The van der Waals surface area contributed by atoms with Crippen LogP contribution in [0.15, 0.2) is 72.8 Å². The molecule has 0 saturated carbocycles. The third kappa shape index (κ3) is 3.93. The predicted octanol–water partition coefficient (Wildman–Crippen LogP) is 4.68. The van der Waals surface area contributed by atoms with Gasteiger partial charge in [0.15, 0.2) is 16.9 Å². The van der Waals surface area contributed by atoms with E-state index in [0.29, 0.717) is 22.7 Å². The summed E-state index contributed by atoms with van der Waals surface area (Å²) in [6.45, 7) is 2.08. The number of carbonyl (C=O) groups is 2. The van der Waals surface area contributed by atoms with Crippen LogP contribution in [0.2, 0.25) is 0 Å². The van der Waals surface area contributed by atoms with E-state index in [9.17, 15) is 9.59 Å². The summed E-state index contributed by atoms with van der Waals surface area (Å²) < 4.78 is 21.6. The highest BCUT2D eigenvalue weighted by Crippen LogP contribution is 2.54. The van der Waals surface area contributed by atoms with Crippen LogP contribution < -0.4 is 14.5 Å². The number of esters is 2. The first-order chi connectivity index (χ1) is 17.5. The summed E-state index contributed by atoms with van der Waals surface area (Å²) in [5.74, 6) is -0.317. The first kappa shape index (κ1) is 23.7. The predicted molar refractivity (Wildman–Crippen MR) is 130 cm³/mol. The van der Waals surface area contributed by atoms with Gasteiger partial charge in [0, 0.05) is 6.42 Å². The van der Waals surface area contributed by atoms with Gasteiger partial charge in [-0.05, 0) is 42.3 Å². The fraction of sp³-hybridized carbons (Fsp3) is 0.286. The van der Waals surface area contributed by atoms with Crippen LogP contribution in [0, 0.1) is 12.3 Å². The van der Waals surface area contributed by atoms with Gasteiger partial charge in [-0.15, -0.1) is 0 Å². The van der Waals surface area contributed by atoms with Gasteiger partial charge in [-0.1, -0.05) is 54.1 Å². The minimum absolute atomic E-state index is 0.0117. The van der Waals surface area contributed by atoms with Crippen LogP contribution in [0.4, 0.5) is 5.69 Å². The Balaban J connectivity index is 1.75. The average molecular weight is 490 g/mol. The molecule has 0 N–H and O–H groups in total. The summed E-state index contributed by atoms with van der Waals surface area (Å²) in [5.41, 5.74) is 1.40. The number of methoxy groups -OCH3 is 2. The number of hydroxylamine groups is 1. The topological polar surface area (TPSA) is 83.5 Å². The molecular weight excluding hydrogens is 462 g/mol. The van der Waals surface area contributed by atoms with Crippen LogP contribution in [0.1, 0.15) is 35.3 Å². The zero-order valence-electron chi connectivity index (χ0n) is 20.3. The van der Waals surface area contributed by atoms with Gasteiger partial charge in [0.1, 0.15) is 12.1 Å². The fourth-order valence-electron chi connectivity index (χ4n) is 4.93. The molecule has 8 nitrogen and oxygen atoms in total. The van der Waals surface area contributed by atoms with Crippen LogP contribution in [0.25, 0.3) is 0 Å². The van der Waals surface area contributed by atoms with Crippen molar-refractivity contribution < 1.29 is 33.4 Å². The molecule has 0 radical (unpaired) electrons. The van der Waals surface area contributed by atoms with Crippen LogP contribution in [0.5, 0.6) is 11.5 Å². The molecule has 1 fully saturated rings. The Morgan fingerprint density at radius 3 is 2.19 bits per heavy atom. The lowest BCUT2D eigenvalue weighted by Crippen LogP contribution is -2.56. The van der Waals surface area contributed by atoms with Crippen molar-refractivity contribution in [2.24, 2.45) is 5.41 Å². The molecule has 3 aromatic carbocycles. The van der Waals surface area contributed by atoms with Crippen molar-refractivity contribution >= 4 is 17.6 Å². The summed E-state index contributed by atoms with van der Waals surface area (Å²) in [6, 6.07) is 21.5. The van der Waals surface area contributed by atoms with Crippen LogP contribution in [0.3, 0.4) is 0 Å². The number of hydrogen-bond donors (Lipinski definition) is 0. The van der Waals surface area contributed by atoms with E-state index in [-0.39, 0.29) is 13.2 Å². The molecule has 1 saturated heterocycles. The number of nitrogens with zero attached hydrogens (tertiary/aromatic N) is 1. The molecule has 186 valence electrons. The highest BCUT2D eigenvalue weighted by Gasteiger charge is 2.62. The smallest absolute Gasteiger partial charge is 0.325 e. The molecular formula is C28H27NO7. The molecule has 2 aliphatic heterocycles. The van der Waals surface area contributed by atoms with E-state index in [1.165, 1.54) is 14.2 Å². The second kappa shape index (κ2) is 9.54. The van der Waals surface area contributed by atoms with Crippen LogP contribution in [-0.2, 0) is 23.9 Å². The molecule has 5 rings (SSSR count). The lowest BCUT2D eigenvalue weighted by Gasteiger charge is -2.49. The normalized spacial score (nSPS) is 20.0. The lowest BCUT2D eigenvalue weighted by atomic mass is 9.70. The fourth-order valence-corrected chi connectivity index (χ4v) is 4.93. The molecule has 3 aromatic rings. The largest absolute Gasteiger partial charge is 0.468 e. The summed E-state index contributed by atoms with van der Waals surface area (Å²) >= 11 is 0. The minimum atomic E-state index is -1.75. The third-order valence-corrected chi connectivity index (χ3v) is 6.72. The summed E-state index contributed by atoms with van der Waals surface area (Å²) in [6.07, 6.45) is -0.617. The van der Waals surface area contributed by atoms with Crippen molar-refractivity contribution in [2.75, 3.05) is 26.1 Å². The molecule has 0 bridgehead atoms. The Bertz CT molecular complexity index is 1240. The number of benzene rings is 3. The monoisotopic (exact) mass is 489 g/mol. The van der Waals surface area contributed by atoms with Crippen molar-refractivity contribution in [2.45, 2.75) is 25.5 Å². The highest BCUT2D eigenvalue weighted by molar-refractivity contribution is 6.02. The Hall–Kier alpha value is -4.04. The SMILES string of the molecule is COC(=O)C1(C(=O)OC)C[C@H](c2ccccc2)ON(c2ccc(C)cc2)[C@@H]1c1ccc2c(c1)OCO2. The van der Waals surface area contributed by atoms with Gasteiger partial charge in [0.05, 0.1) is 19.9 Å². The molecule has 2 atom stereocenters. The summed E-state index contributed by atoms with van der Waals surface area (Å²) in [4.78, 5) is 33.9. The van der Waals surface area contributed by atoms with Crippen molar-refractivity contribution in [3.63, 3.8) is 0 Å². The number of fused-ring (bicyclic) bond motifs is 1. The first-order valence-electron chi connectivity index (χ1n) is 11.6. The molecule has 36 heavy (non-hydrogen) atoms. The van der Waals surface area contributed by atoms with Crippen LogP contribution in [-0.4, -0.2) is 33.0 Å². The number of rotatable bonds is 5. The second-order valence-corrected chi connectivity index (χ2v) is 8.84. The van der Waals surface area contributed by atoms with E-state index < -0.39 is 29.5 Å².